The predicted octanol–water partition coefficient (Wildman–Crippen LogP) is 3.68. The van der Waals surface area contributed by atoms with Crippen LogP contribution in [0.15, 0.2) is 38.3 Å². The molecule has 0 radical (unpaired) electrons. The number of nitrogens with one attached hydrogen (secondary N) is 1. The molecule has 1 N–H and O–H groups in total. The molecule has 0 bridgehead atoms. The van der Waals surface area contributed by atoms with Crippen LogP contribution >= 0.6 is 27.3 Å². The molecule has 0 aliphatic rings. The number of aryl methyl sites for hydroxylation is 1. The summed E-state index contributed by atoms with van der Waals surface area (Å²) < 4.78 is 28.4. The van der Waals surface area contributed by atoms with Gasteiger partial charge in [0, 0.05) is 12.2 Å². The third kappa shape index (κ3) is 4.29. The molecule has 2 rings (SSSR count). The van der Waals surface area contributed by atoms with E-state index in [9.17, 15) is 8.42 Å². The summed E-state index contributed by atoms with van der Waals surface area (Å²) in [6.07, 6.45) is 0. The normalized spacial score (nSPS) is 11.9. The number of nitrogens with zero attached hydrogens (tertiary/aromatic N) is 1. The lowest BCUT2D eigenvalue weighted by Gasteiger charge is -2.11. The SMILES string of the molecule is Cc1cc(S(=O)(=O)Nc2ccc(CN(C)C)cc2)sc1Br. The summed E-state index contributed by atoms with van der Waals surface area (Å²) in [5.74, 6) is 0. The lowest BCUT2D eigenvalue weighted by Crippen LogP contribution is -2.12. The van der Waals surface area contributed by atoms with E-state index in [1.165, 1.54) is 11.3 Å². The summed E-state index contributed by atoms with van der Waals surface area (Å²) in [6, 6.07) is 9.08. The Kier molecular flexibility index (Phi) is 5.08. The monoisotopic (exact) mass is 388 g/mol. The van der Waals surface area contributed by atoms with Gasteiger partial charge in [-0.25, -0.2) is 8.42 Å². The van der Waals surface area contributed by atoms with Gasteiger partial charge in [0.05, 0.1) is 3.79 Å². The maximum absolute atomic E-state index is 12.3. The topological polar surface area (TPSA) is 49.4 Å². The van der Waals surface area contributed by atoms with Crippen LogP contribution in [-0.2, 0) is 16.6 Å². The van der Waals surface area contributed by atoms with Crippen molar-refractivity contribution in [1.82, 2.24) is 4.90 Å². The average Bonchev–Trinajstić information content (AvgIpc) is 2.72. The van der Waals surface area contributed by atoms with Crippen molar-refractivity contribution < 1.29 is 8.42 Å². The fourth-order valence-corrected chi connectivity index (χ4v) is 5.10. The summed E-state index contributed by atoms with van der Waals surface area (Å²) >= 11 is 4.56. The molecule has 7 heteroatoms. The van der Waals surface area contributed by atoms with Gasteiger partial charge in [0.15, 0.2) is 0 Å². The molecule has 0 unspecified atom stereocenters. The number of hydrogen-bond donors (Lipinski definition) is 1. The highest BCUT2D eigenvalue weighted by Crippen LogP contribution is 2.31. The lowest BCUT2D eigenvalue weighted by atomic mass is 10.2. The van der Waals surface area contributed by atoms with Crippen molar-refractivity contribution in [1.29, 1.82) is 0 Å². The summed E-state index contributed by atoms with van der Waals surface area (Å²) in [4.78, 5) is 2.06. The molecule has 0 atom stereocenters. The van der Waals surface area contributed by atoms with Crippen LogP contribution < -0.4 is 4.72 Å². The average molecular weight is 389 g/mol. The molecule has 0 spiro atoms. The Labute approximate surface area is 138 Å². The molecule has 4 nitrogen and oxygen atoms in total. The van der Waals surface area contributed by atoms with E-state index in [1.807, 2.05) is 33.2 Å². The predicted molar refractivity (Wildman–Crippen MR) is 91.4 cm³/mol. The van der Waals surface area contributed by atoms with E-state index >= 15 is 0 Å². The van der Waals surface area contributed by atoms with Gasteiger partial charge in [-0.3, -0.25) is 4.72 Å². The third-order valence-corrected chi connectivity index (χ3v) is 6.80. The fourth-order valence-electron chi connectivity index (χ4n) is 1.81. The van der Waals surface area contributed by atoms with E-state index in [4.69, 9.17) is 0 Å². The van der Waals surface area contributed by atoms with Gasteiger partial charge in [0.2, 0.25) is 0 Å². The van der Waals surface area contributed by atoms with Crippen molar-refractivity contribution >= 4 is 43.0 Å². The van der Waals surface area contributed by atoms with Crippen LogP contribution in [0.1, 0.15) is 11.1 Å². The van der Waals surface area contributed by atoms with Crippen molar-refractivity contribution in [2.24, 2.45) is 0 Å². The van der Waals surface area contributed by atoms with Crippen molar-refractivity contribution in [3.63, 3.8) is 0 Å². The zero-order chi connectivity index (χ0) is 15.6. The molecular formula is C14H17BrN2O2S2. The Morgan fingerprint density at radius 3 is 2.33 bits per heavy atom. The second-order valence-corrected chi connectivity index (χ2v) is 9.34. The minimum absolute atomic E-state index is 0.309. The number of hydrogen-bond acceptors (Lipinski definition) is 4. The van der Waals surface area contributed by atoms with E-state index in [0.717, 1.165) is 21.5 Å². The van der Waals surface area contributed by atoms with Crippen LogP contribution in [0.4, 0.5) is 5.69 Å². The lowest BCUT2D eigenvalue weighted by molar-refractivity contribution is 0.402. The second kappa shape index (κ2) is 6.48. The molecule has 114 valence electrons. The summed E-state index contributed by atoms with van der Waals surface area (Å²) in [5, 5.41) is 0. The van der Waals surface area contributed by atoms with Gasteiger partial charge in [-0.2, -0.15) is 0 Å². The third-order valence-electron chi connectivity index (χ3n) is 2.80. The first kappa shape index (κ1) is 16.5. The molecule has 0 amide bonds. The van der Waals surface area contributed by atoms with Gasteiger partial charge in [-0.1, -0.05) is 12.1 Å². The van der Waals surface area contributed by atoms with Gasteiger partial charge in [-0.05, 0) is 66.3 Å². The van der Waals surface area contributed by atoms with E-state index in [-0.39, 0.29) is 0 Å². The first-order chi connectivity index (χ1) is 9.78. The Balaban J connectivity index is 2.17. The van der Waals surface area contributed by atoms with Gasteiger partial charge in [-0.15, -0.1) is 11.3 Å². The molecule has 1 heterocycles. The van der Waals surface area contributed by atoms with Gasteiger partial charge in [0.1, 0.15) is 4.21 Å². The molecule has 1 aromatic heterocycles. The molecule has 0 aliphatic heterocycles. The molecule has 2 aromatic rings. The largest absolute Gasteiger partial charge is 0.305 e. The van der Waals surface area contributed by atoms with E-state index in [2.05, 4.69) is 25.6 Å². The standard InChI is InChI=1S/C14H17BrN2O2S2/c1-10-8-13(20-14(10)15)21(18,19)16-12-6-4-11(5-7-12)9-17(2)3/h4-8,16H,9H2,1-3H3. The summed E-state index contributed by atoms with van der Waals surface area (Å²) in [5.41, 5.74) is 2.62. The molecular weight excluding hydrogens is 372 g/mol. The molecule has 0 aliphatic carbocycles. The highest BCUT2D eigenvalue weighted by Gasteiger charge is 2.18. The van der Waals surface area contributed by atoms with Crippen LogP contribution in [0.2, 0.25) is 0 Å². The number of benzene rings is 1. The fraction of sp³-hybridized carbons (Fsp3) is 0.286. The Morgan fingerprint density at radius 1 is 1.24 bits per heavy atom. The van der Waals surface area contributed by atoms with Crippen LogP contribution in [0.3, 0.4) is 0 Å². The number of sulfonamides is 1. The van der Waals surface area contributed by atoms with Crippen LogP contribution in [0, 0.1) is 6.92 Å². The minimum Gasteiger partial charge on any atom is -0.305 e. The maximum atomic E-state index is 12.3. The van der Waals surface area contributed by atoms with Crippen molar-refractivity contribution in [2.75, 3.05) is 18.8 Å². The van der Waals surface area contributed by atoms with E-state index in [0.29, 0.717) is 9.90 Å². The van der Waals surface area contributed by atoms with Crippen LogP contribution in [-0.4, -0.2) is 27.4 Å². The number of rotatable bonds is 5. The molecule has 0 fully saturated rings. The van der Waals surface area contributed by atoms with Gasteiger partial charge < -0.3 is 4.90 Å². The highest BCUT2D eigenvalue weighted by atomic mass is 79.9. The van der Waals surface area contributed by atoms with Gasteiger partial charge >= 0.3 is 0 Å². The molecule has 0 saturated heterocycles. The quantitative estimate of drug-likeness (QED) is 0.849. The van der Waals surface area contributed by atoms with E-state index < -0.39 is 10.0 Å². The second-order valence-electron chi connectivity index (χ2n) is 5.06. The molecule has 0 saturated carbocycles. The molecule has 21 heavy (non-hydrogen) atoms. The van der Waals surface area contributed by atoms with Crippen molar-refractivity contribution in [3.8, 4) is 0 Å². The smallest absolute Gasteiger partial charge is 0.271 e. The van der Waals surface area contributed by atoms with Crippen LogP contribution in [0.25, 0.3) is 0 Å². The zero-order valence-electron chi connectivity index (χ0n) is 12.1. The Morgan fingerprint density at radius 2 is 1.86 bits per heavy atom. The van der Waals surface area contributed by atoms with Crippen LogP contribution in [0.5, 0.6) is 0 Å². The van der Waals surface area contributed by atoms with Gasteiger partial charge in [0.25, 0.3) is 10.0 Å². The summed E-state index contributed by atoms with van der Waals surface area (Å²) in [6.45, 7) is 2.69. The first-order valence-electron chi connectivity index (χ1n) is 6.30. The first-order valence-corrected chi connectivity index (χ1v) is 9.39. The zero-order valence-corrected chi connectivity index (χ0v) is 15.3. The van der Waals surface area contributed by atoms with E-state index in [1.54, 1.807) is 18.2 Å². The minimum atomic E-state index is -3.52. The van der Waals surface area contributed by atoms with Crippen molar-refractivity contribution in [3.05, 3.63) is 45.2 Å². The Hall–Kier alpha value is -0.890. The number of anilines is 1. The Bertz CT molecular complexity index is 702. The maximum Gasteiger partial charge on any atom is 0.271 e. The highest BCUT2D eigenvalue weighted by molar-refractivity contribution is 9.11. The number of halogens is 1. The summed E-state index contributed by atoms with van der Waals surface area (Å²) in [7, 11) is 0.465. The molecule has 1 aromatic carbocycles. The van der Waals surface area contributed by atoms with Crippen molar-refractivity contribution in [2.45, 2.75) is 17.7 Å². The number of thiophene rings is 1.